The number of nitrogens with zero attached hydrogens (tertiary/aromatic N) is 4. The number of rotatable bonds is 8. The molecule has 2 aromatic rings. The maximum atomic E-state index is 12.9. The van der Waals surface area contributed by atoms with E-state index >= 15 is 0 Å². The summed E-state index contributed by atoms with van der Waals surface area (Å²) < 4.78 is 11.3. The molecule has 2 aromatic heterocycles. The lowest BCUT2D eigenvalue weighted by atomic mass is 10.1. The lowest BCUT2D eigenvalue weighted by molar-refractivity contribution is 0.0117. The van der Waals surface area contributed by atoms with E-state index in [1.54, 1.807) is 0 Å². The van der Waals surface area contributed by atoms with E-state index < -0.39 is 0 Å². The van der Waals surface area contributed by atoms with Crippen LogP contribution in [0.15, 0.2) is 22.7 Å². The predicted octanol–water partition coefficient (Wildman–Crippen LogP) is 2.68. The molecular weight excluding hydrogens is 394 g/mol. The number of carbonyl (C=O) groups excluding carboxylic acids is 1. The summed E-state index contributed by atoms with van der Waals surface area (Å²) in [4.78, 5) is 25.7. The van der Waals surface area contributed by atoms with Crippen LogP contribution in [0.5, 0.6) is 0 Å². The van der Waals surface area contributed by atoms with Crippen molar-refractivity contribution in [3.63, 3.8) is 0 Å². The van der Waals surface area contributed by atoms with Crippen molar-refractivity contribution < 1.29 is 13.9 Å². The minimum absolute atomic E-state index is 0.0839. The van der Waals surface area contributed by atoms with Gasteiger partial charge in [-0.3, -0.25) is 9.69 Å². The summed E-state index contributed by atoms with van der Waals surface area (Å²) in [5, 5.41) is 3.20. The topological polar surface area (TPSA) is 83.7 Å². The predicted molar refractivity (Wildman–Crippen MR) is 112 cm³/mol. The van der Waals surface area contributed by atoms with Crippen LogP contribution in [0, 0.1) is 6.92 Å². The average Bonchev–Trinajstić information content (AvgIpc) is 3.16. The number of aromatic nitrogens is 2. The number of morpholine rings is 1. The third kappa shape index (κ3) is 5.26. The van der Waals surface area contributed by atoms with Crippen molar-refractivity contribution in [2.24, 2.45) is 0 Å². The van der Waals surface area contributed by atoms with Crippen LogP contribution in [-0.4, -0.2) is 66.7 Å². The van der Waals surface area contributed by atoms with Gasteiger partial charge < -0.3 is 19.4 Å². The van der Waals surface area contributed by atoms with Gasteiger partial charge in [0.1, 0.15) is 11.5 Å². The van der Waals surface area contributed by atoms with E-state index in [4.69, 9.17) is 20.8 Å². The van der Waals surface area contributed by atoms with Crippen LogP contribution in [0.2, 0.25) is 5.02 Å². The van der Waals surface area contributed by atoms with Crippen LogP contribution in [0.3, 0.4) is 0 Å². The van der Waals surface area contributed by atoms with E-state index in [-0.39, 0.29) is 22.7 Å². The highest BCUT2D eigenvalue weighted by Gasteiger charge is 2.26. The van der Waals surface area contributed by atoms with Gasteiger partial charge in [-0.05, 0) is 32.9 Å². The molecule has 0 saturated carbocycles. The molecule has 0 radical (unpaired) electrons. The molecule has 8 nitrogen and oxygen atoms in total. The smallest absolute Gasteiger partial charge is 0.271 e. The number of aryl methyl sites for hydroxylation is 1. The van der Waals surface area contributed by atoms with E-state index in [1.165, 1.54) is 6.20 Å². The molecule has 1 N–H and O–H groups in total. The molecule has 0 aliphatic carbocycles. The summed E-state index contributed by atoms with van der Waals surface area (Å²) in [7, 11) is 0. The fraction of sp³-hybridized carbons (Fsp3) is 0.550. The number of hydrogen-bond donors (Lipinski definition) is 1. The molecule has 29 heavy (non-hydrogen) atoms. The Balaban J connectivity index is 1.75. The van der Waals surface area contributed by atoms with Crippen molar-refractivity contribution in [2.75, 3.05) is 50.8 Å². The van der Waals surface area contributed by atoms with E-state index in [0.29, 0.717) is 25.7 Å². The van der Waals surface area contributed by atoms with Gasteiger partial charge >= 0.3 is 0 Å². The molecule has 1 unspecified atom stereocenters. The van der Waals surface area contributed by atoms with Crippen molar-refractivity contribution in [2.45, 2.75) is 26.8 Å². The highest BCUT2D eigenvalue weighted by molar-refractivity contribution is 6.33. The van der Waals surface area contributed by atoms with Gasteiger partial charge in [-0.25, -0.2) is 9.97 Å². The van der Waals surface area contributed by atoms with E-state index in [9.17, 15) is 4.79 Å². The van der Waals surface area contributed by atoms with Crippen LogP contribution < -0.4 is 10.2 Å². The Morgan fingerprint density at radius 1 is 1.31 bits per heavy atom. The summed E-state index contributed by atoms with van der Waals surface area (Å²) in [6, 6.07) is 3.81. The maximum absolute atomic E-state index is 12.9. The number of hydrogen-bond acceptors (Lipinski definition) is 7. The van der Waals surface area contributed by atoms with Crippen LogP contribution in [-0.2, 0) is 4.74 Å². The molecule has 0 bridgehead atoms. The first-order valence-corrected chi connectivity index (χ1v) is 10.3. The monoisotopic (exact) mass is 421 g/mol. The van der Waals surface area contributed by atoms with Crippen molar-refractivity contribution in [3.05, 3.63) is 40.6 Å². The summed E-state index contributed by atoms with van der Waals surface area (Å²) in [5.74, 6) is 1.83. The first-order valence-electron chi connectivity index (χ1n) is 9.97. The second kappa shape index (κ2) is 10.0. The number of halogens is 1. The largest absolute Gasteiger partial charge is 0.465 e. The molecule has 1 atom stereocenters. The quantitative estimate of drug-likeness (QED) is 0.701. The highest BCUT2D eigenvalue weighted by atomic mass is 35.5. The normalized spacial score (nSPS) is 15.9. The first kappa shape index (κ1) is 21.5. The Bertz CT molecular complexity index is 818. The van der Waals surface area contributed by atoms with Gasteiger partial charge in [-0.15, -0.1) is 0 Å². The molecule has 158 valence electrons. The molecule has 1 fully saturated rings. The standard InChI is InChI=1S/C20H28ClN5O3/c1-4-25(5-2)20-23-12-15(21)18(24-20)19(27)22-13-16(17-7-6-14(3)29-17)26-8-10-28-11-9-26/h6-7,12,16H,4-5,8-11,13H2,1-3H3,(H,22,27). The molecule has 0 aromatic carbocycles. The zero-order valence-electron chi connectivity index (χ0n) is 17.2. The molecular formula is C20H28ClN5O3. The van der Waals surface area contributed by atoms with Gasteiger partial charge in [0.05, 0.1) is 30.5 Å². The van der Waals surface area contributed by atoms with Crippen LogP contribution in [0.4, 0.5) is 5.95 Å². The molecule has 1 amide bonds. The van der Waals surface area contributed by atoms with Crippen molar-refractivity contribution in [1.82, 2.24) is 20.2 Å². The third-order valence-corrected chi connectivity index (χ3v) is 5.30. The Morgan fingerprint density at radius 2 is 2.03 bits per heavy atom. The number of carbonyl (C=O) groups is 1. The number of anilines is 1. The zero-order chi connectivity index (χ0) is 20.8. The summed E-state index contributed by atoms with van der Waals surface area (Å²) in [6.45, 7) is 10.7. The molecule has 1 saturated heterocycles. The number of nitrogens with one attached hydrogen (secondary N) is 1. The first-order chi connectivity index (χ1) is 14.0. The number of amides is 1. The van der Waals surface area contributed by atoms with Gasteiger partial charge in [-0.1, -0.05) is 11.6 Å². The highest BCUT2D eigenvalue weighted by Crippen LogP contribution is 2.24. The number of ether oxygens (including phenoxy) is 1. The van der Waals surface area contributed by atoms with Gasteiger partial charge in [0, 0.05) is 32.7 Å². The van der Waals surface area contributed by atoms with Gasteiger partial charge in [0.15, 0.2) is 5.69 Å². The second-order valence-electron chi connectivity index (χ2n) is 6.86. The van der Waals surface area contributed by atoms with Crippen molar-refractivity contribution in [3.8, 4) is 0 Å². The lowest BCUT2D eigenvalue weighted by Crippen LogP contribution is -2.43. The summed E-state index contributed by atoms with van der Waals surface area (Å²) >= 11 is 6.22. The van der Waals surface area contributed by atoms with Crippen LogP contribution in [0.25, 0.3) is 0 Å². The maximum Gasteiger partial charge on any atom is 0.271 e. The molecule has 0 spiro atoms. The van der Waals surface area contributed by atoms with E-state index in [1.807, 2.05) is 37.8 Å². The Kier molecular flexibility index (Phi) is 7.46. The summed E-state index contributed by atoms with van der Waals surface area (Å²) in [6.07, 6.45) is 1.48. The Hall–Kier alpha value is -2.16. The lowest BCUT2D eigenvalue weighted by Gasteiger charge is -2.33. The van der Waals surface area contributed by atoms with Crippen molar-refractivity contribution >= 4 is 23.5 Å². The van der Waals surface area contributed by atoms with E-state index in [0.717, 1.165) is 37.7 Å². The molecule has 3 rings (SSSR count). The second-order valence-corrected chi connectivity index (χ2v) is 7.27. The fourth-order valence-electron chi connectivity index (χ4n) is 3.38. The molecule has 9 heteroatoms. The van der Waals surface area contributed by atoms with Crippen molar-refractivity contribution in [1.29, 1.82) is 0 Å². The van der Waals surface area contributed by atoms with E-state index in [2.05, 4.69) is 20.2 Å². The third-order valence-electron chi connectivity index (χ3n) is 5.02. The molecule has 3 heterocycles. The van der Waals surface area contributed by atoms with Gasteiger partial charge in [0.2, 0.25) is 5.95 Å². The van der Waals surface area contributed by atoms with Crippen LogP contribution in [0.1, 0.15) is 41.9 Å². The molecule has 1 aliphatic heterocycles. The fourth-order valence-corrected chi connectivity index (χ4v) is 3.56. The SMILES string of the molecule is CCN(CC)c1ncc(Cl)c(C(=O)NCC(c2ccc(C)o2)N2CCOCC2)n1. The van der Waals surface area contributed by atoms with Gasteiger partial charge in [-0.2, -0.15) is 0 Å². The Morgan fingerprint density at radius 3 is 2.66 bits per heavy atom. The summed E-state index contributed by atoms with van der Waals surface area (Å²) in [5.41, 5.74) is 0.180. The molecule has 1 aliphatic rings. The number of furan rings is 1. The minimum Gasteiger partial charge on any atom is -0.465 e. The van der Waals surface area contributed by atoms with Crippen LogP contribution >= 0.6 is 11.6 Å². The van der Waals surface area contributed by atoms with Gasteiger partial charge in [0.25, 0.3) is 5.91 Å². The minimum atomic E-state index is -0.327. The average molecular weight is 422 g/mol. The Labute approximate surface area is 176 Å². The zero-order valence-corrected chi connectivity index (χ0v) is 17.9.